The van der Waals surface area contributed by atoms with E-state index in [1.54, 1.807) is 6.08 Å². The first-order valence-electron chi connectivity index (χ1n) is 11.3. The Bertz CT molecular complexity index is 938. The summed E-state index contributed by atoms with van der Waals surface area (Å²) in [5.74, 6) is 0.362. The Morgan fingerprint density at radius 1 is 0.906 bits per heavy atom. The molecule has 168 valence electrons. The van der Waals surface area contributed by atoms with Crippen LogP contribution in [0.5, 0.6) is 0 Å². The molecule has 1 heterocycles. The van der Waals surface area contributed by atoms with E-state index in [1.807, 2.05) is 48.5 Å². The molecule has 1 saturated carbocycles. The van der Waals surface area contributed by atoms with Gasteiger partial charge in [-0.05, 0) is 35.4 Å². The second-order valence-electron chi connectivity index (χ2n) is 8.57. The highest BCUT2D eigenvalue weighted by Gasteiger charge is 2.31. The van der Waals surface area contributed by atoms with Crippen LogP contribution >= 0.6 is 0 Å². The van der Waals surface area contributed by atoms with Crippen LogP contribution in [0.2, 0.25) is 0 Å². The fraction of sp³-hybridized carbons (Fsp3) is 0.385. The molecule has 0 unspecified atom stereocenters. The van der Waals surface area contributed by atoms with Crippen LogP contribution in [0.15, 0.2) is 66.7 Å². The van der Waals surface area contributed by atoms with Crippen LogP contribution in [0.4, 0.5) is 0 Å². The zero-order chi connectivity index (χ0) is 22.3. The zero-order valence-electron chi connectivity index (χ0n) is 18.1. The Morgan fingerprint density at radius 2 is 1.62 bits per heavy atom. The monoisotopic (exact) mass is 434 g/mol. The number of carbonyl (C=O) groups excluding carboxylic acids is 2. The maximum Gasteiger partial charge on any atom is 0.223 e. The van der Waals surface area contributed by atoms with E-state index in [0.717, 1.165) is 29.5 Å². The van der Waals surface area contributed by atoms with E-state index >= 15 is 0 Å². The van der Waals surface area contributed by atoms with Crippen LogP contribution in [0.3, 0.4) is 0 Å². The maximum atomic E-state index is 12.4. The first-order chi connectivity index (χ1) is 15.6. The summed E-state index contributed by atoms with van der Waals surface area (Å²) < 4.78 is 5.84. The van der Waals surface area contributed by atoms with E-state index in [-0.39, 0.29) is 30.9 Å². The lowest BCUT2D eigenvalue weighted by molar-refractivity contribution is -0.128. The Labute approximate surface area is 188 Å². The van der Waals surface area contributed by atoms with Gasteiger partial charge in [-0.25, -0.2) is 0 Å². The molecule has 0 spiro atoms. The predicted octanol–water partition coefficient (Wildman–Crippen LogP) is 2.96. The predicted molar refractivity (Wildman–Crippen MR) is 123 cm³/mol. The number of amides is 2. The molecule has 3 N–H and O–H groups in total. The largest absolute Gasteiger partial charge is 0.394 e. The number of rotatable bonds is 9. The minimum atomic E-state index is -0.550. The van der Waals surface area contributed by atoms with Crippen molar-refractivity contribution in [1.29, 1.82) is 0 Å². The molecule has 2 aliphatic rings. The van der Waals surface area contributed by atoms with Gasteiger partial charge in [0, 0.05) is 13.0 Å². The lowest BCUT2D eigenvalue weighted by Gasteiger charge is -2.31. The van der Waals surface area contributed by atoms with Crippen molar-refractivity contribution >= 4 is 11.8 Å². The normalized spacial score (nSPS) is 22.3. The molecule has 1 fully saturated rings. The Hall–Kier alpha value is -2.96. The highest BCUT2D eigenvalue weighted by Crippen LogP contribution is 2.32. The summed E-state index contributed by atoms with van der Waals surface area (Å²) in [4.78, 5) is 24.5. The van der Waals surface area contributed by atoms with Gasteiger partial charge in [-0.1, -0.05) is 66.7 Å². The van der Waals surface area contributed by atoms with Crippen molar-refractivity contribution in [3.05, 3.63) is 72.3 Å². The summed E-state index contributed by atoms with van der Waals surface area (Å²) in [6, 6.07) is 17.9. The Kier molecular flexibility index (Phi) is 7.35. The van der Waals surface area contributed by atoms with Crippen molar-refractivity contribution in [2.75, 3.05) is 6.61 Å². The van der Waals surface area contributed by atoms with Crippen LogP contribution < -0.4 is 10.6 Å². The molecule has 3 atom stereocenters. The molecule has 2 amide bonds. The first-order valence-corrected chi connectivity index (χ1v) is 11.3. The van der Waals surface area contributed by atoms with Crippen LogP contribution in [-0.4, -0.2) is 41.8 Å². The van der Waals surface area contributed by atoms with Gasteiger partial charge in [-0.15, -0.1) is 0 Å². The van der Waals surface area contributed by atoms with Crippen LogP contribution in [0.1, 0.15) is 31.2 Å². The maximum absolute atomic E-state index is 12.4. The molecule has 1 aliphatic heterocycles. The fourth-order valence-electron chi connectivity index (χ4n) is 3.87. The minimum absolute atomic E-state index is 0.0151. The molecular formula is C26H30N2O4. The quantitative estimate of drug-likeness (QED) is 0.530. The second kappa shape index (κ2) is 10.6. The van der Waals surface area contributed by atoms with E-state index < -0.39 is 12.2 Å². The lowest BCUT2D eigenvalue weighted by atomic mass is 10.0. The van der Waals surface area contributed by atoms with Gasteiger partial charge in [0.1, 0.15) is 6.10 Å². The van der Waals surface area contributed by atoms with Gasteiger partial charge >= 0.3 is 0 Å². The number of hydrogen-bond donors (Lipinski definition) is 3. The third kappa shape index (κ3) is 6.28. The second-order valence-corrected chi connectivity index (χ2v) is 8.57. The van der Waals surface area contributed by atoms with Gasteiger partial charge in [-0.3, -0.25) is 9.59 Å². The number of aliphatic hydroxyl groups excluding tert-OH is 1. The fourth-order valence-corrected chi connectivity index (χ4v) is 3.87. The van der Waals surface area contributed by atoms with Crippen molar-refractivity contribution < 1.29 is 19.4 Å². The summed E-state index contributed by atoms with van der Waals surface area (Å²) >= 11 is 0. The van der Waals surface area contributed by atoms with Gasteiger partial charge in [0.05, 0.1) is 25.2 Å². The zero-order valence-corrected chi connectivity index (χ0v) is 18.1. The number of carbonyl (C=O) groups is 2. The van der Waals surface area contributed by atoms with Crippen molar-refractivity contribution in [2.24, 2.45) is 5.92 Å². The summed E-state index contributed by atoms with van der Waals surface area (Å²) in [6.45, 7) is 0.220. The molecule has 0 aromatic heterocycles. The van der Waals surface area contributed by atoms with Gasteiger partial charge in [0.2, 0.25) is 11.8 Å². The Balaban J connectivity index is 1.24. The van der Waals surface area contributed by atoms with Gasteiger partial charge < -0.3 is 20.5 Å². The third-order valence-corrected chi connectivity index (χ3v) is 5.90. The van der Waals surface area contributed by atoms with E-state index in [4.69, 9.17) is 4.74 Å². The molecule has 6 heteroatoms. The molecule has 32 heavy (non-hydrogen) atoms. The highest BCUT2D eigenvalue weighted by molar-refractivity contribution is 5.78. The van der Waals surface area contributed by atoms with E-state index in [1.165, 1.54) is 0 Å². The van der Waals surface area contributed by atoms with Crippen molar-refractivity contribution in [1.82, 2.24) is 10.6 Å². The summed E-state index contributed by atoms with van der Waals surface area (Å²) in [5.41, 5.74) is 3.31. The summed E-state index contributed by atoms with van der Waals surface area (Å²) in [7, 11) is 0. The smallest absolute Gasteiger partial charge is 0.223 e. The number of hydrogen-bond acceptors (Lipinski definition) is 4. The number of ether oxygens (including phenoxy) is 1. The molecule has 0 saturated heterocycles. The minimum Gasteiger partial charge on any atom is -0.394 e. The topological polar surface area (TPSA) is 87.7 Å². The summed E-state index contributed by atoms with van der Waals surface area (Å²) in [6.07, 6.45) is 5.57. The molecule has 6 nitrogen and oxygen atoms in total. The molecule has 2 aromatic carbocycles. The van der Waals surface area contributed by atoms with E-state index in [2.05, 4.69) is 22.8 Å². The standard InChI is InChI=1S/C26H30N2O4/c29-17-24-23(28-26(31)14-18-6-7-18)13-12-22(32-24)15-25(30)27-16-19-8-10-21(11-9-19)20-4-2-1-3-5-20/h1-5,8-13,18,22-24,29H,6-7,14-17H2,(H,27,30)(H,28,31)/t22-,23+,24-/m0/s1. The highest BCUT2D eigenvalue weighted by atomic mass is 16.5. The average molecular weight is 435 g/mol. The average Bonchev–Trinajstić information content (AvgIpc) is 3.63. The molecule has 2 aromatic rings. The van der Waals surface area contributed by atoms with E-state index in [0.29, 0.717) is 18.9 Å². The van der Waals surface area contributed by atoms with Crippen LogP contribution in [0, 0.1) is 5.92 Å². The molecule has 4 rings (SSSR count). The Morgan fingerprint density at radius 3 is 2.31 bits per heavy atom. The van der Waals surface area contributed by atoms with Crippen molar-refractivity contribution in [3.8, 4) is 11.1 Å². The van der Waals surface area contributed by atoms with Crippen LogP contribution in [-0.2, 0) is 20.9 Å². The number of benzene rings is 2. The lowest BCUT2D eigenvalue weighted by Crippen LogP contribution is -2.49. The number of aliphatic hydroxyl groups is 1. The molecular weight excluding hydrogens is 404 g/mol. The summed E-state index contributed by atoms with van der Waals surface area (Å²) in [5, 5.41) is 15.5. The number of nitrogens with one attached hydrogen (secondary N) is 2. The molecule has 0 bridgehead atoms. The van der Waals surface area contributed by atoms with Gasteiger partial charge in [0.15, 0.2) is 0 Å². The van der Waals surface area contributed by atoms with Crippen molar-refractivity contribution in [3.63, 3.8) is 0 Å². The molecule has 1 aliphatic carbocycles. The first kappa shape index (κ1) is 22.2. The van der Waals surface area contributed by atoms with Gasteiger partial charge in [0.25, 0.3) is 0 Å². The van der Waals surface area contributed by atoms with Crippen molar-refractivity contribution in [2.45, 2.75) is 50.5 Å². The third-order valence-electron chi connectivity index (χ3n) is 5.90. The SMILES string of the molecule is O=C(C[C@@H]1C=C[C@@H](NC(=O)CC2CC2)[C@H](CO)O1)NCc1ccc(-c2ccccc2)cc1. The van der Waals surface area contributed by atoms with Gasteiger partial charge in [-0.2, -0.15) is 0 Å². The van der Waals surface area contributed by atoms with E-state index in [9.17, 15) is 14.7 Å². The molecule has 0 radical (unpaired) electrons. The van der Waals surface area contributed by atoms with Crippen LogP contribution in [0.25, 0.3) is 11.1 Å².